The Bertz CT molecular complexity index is 2070. The van der Waals surface area contributed by atoms with E-state index in [1.54, 1.807) is 6.08 Å². The lowest BCUT2D eigenvalue weighted by atomic mass is 9.96. The van der Waals surface area contributed by atoms with Crippen LogP contribution in [-0.4, -0.2) is 193 Å². The van der Waals surface area contributed by atoms with Crippen LogP contribution in [0, 0.1) is 0 Å². The van der Waals surface area contributed by atoms with E-state index in [0.29, 0.717) is 12.8 Å². The van der Waals surface area contributed by atoms with Crippen LogP contribution < -0.4 is 5.32 Å². The maximum Gasteiger partial charge on any atom is 0.220 e. The standard InChI is InChI=1S/C80H143NO18/c1-3-5-7-9-11-13-15-17-19-21-23-25-27-28-29-30-31-32-33-34-36-38-40-42-44-46-48-50-52-54-56-58-68(86)81-63(64(85)57-55-53-51-49-47-45-43-41-39-37-35-26-24-22-20-18-16-14-12-10-8-6-4-2)62-94-78-74(92)71(89)76(66(60-83)96-78)99-80-75(93)72(90)77(67(61-84)97-80)98-79-73(91)70(88)69(87)65(59-82)95-79/h15,17,21,23,27-28,39,41,47,49,55,57,63-67,69-80,82-85,87-93H,3-14,16,18-20,22,24-26,29-38,40,42-46,48,50-54,56,58-62H2,1-2H3,(H,81,86)/b17-15-,23-21-,28-27-,41-39+,49-47+,57-55+. The minimum absolute atomic E-state index is 0.230. The molecule has 19 nitrogen and oxygen atoms in total. The van der Waals surface area contributed by atoms with Gasteiger partial charge in [0.15, 0.2) is 18.9 Å². The van der Waals surface area contributed by atoms with Crippen LogP contribution in [0.1, 0.15) is 296 Å². The lowest BCUT2D eigenvalue weighted by Gasteiger charge is -2.48. The highest BCUT2D eigenvalue weighted by molar-refractivity contribution is 5.76. The number of carbonyl (C=O) groups excluding carboxylic acids is 1. The van der Waals surface area contributed by atoms with Gasteiger partial charge < -0.3 is 89.9 Å². The van der Waals surface area contributed by atoms with Crippen LogP contribution in [0.25, 0.3) is 0 Å². The van der Waals surface area contributed by atoms with Crippen molar-refractivity contribution in [1.29, 1.82) is 0 Å². The van der Waals surface area contributed by atoms with Gasteiger partial charge in [0, 0.05) is 6.42 Å². The molecule has 99 heavy (non-hydrogen) atoms. The molecule has 0 aliphatic carbocycles. The van der Waals surface area contributed by atoms with Crippen molar-refractivity contribution in [2.75, 3.05) is 26.4 Å². The predicted octanol–water partition coefficient (Wildman–Crippen LogP) is 12.8. The fourth-order valence-corrected chi connectivity index (χ4v) is 13.1. The zero-order valence-electron chi connectivity index (χ0n) is 61.5. The second-order valence-electron chi connectivity index (χ2n) is 28.2. The average molecular weight is 1410 g/mol. The van der Waals surface area contributed by atoms with Gasteiger partial charge in [0.05, 0.1) is 38.6 Å². The zero-order valence-corrected chi connectivity index (χ0v) is 61.5. The largest absolute Gasteiger partial charge is 0.394 e. The van der Waals surface area contributed by atoms with Crippen LogP contribution in [0.4, 0.5) is 0 Å². The molecule has 17 atom stereocenters. The van der Waals surface area contributed by atoms with Gasteiger partial charge in [0.1, 0.15) is 73.2 Å². The van der Waals surface area contributed by atoms with Gasteiger partial charge in [-0.1, -0.05) is 279 Å². The second-order valence-corrected chi connectivity index (χ2v) is 28.2. The molecule has 3 aliphatic rings. The summed E-state index contributed by atoms with van der Waals surface area (Å²) in [7, 11) is 0. The quantitative estimate of drug-likeness (QED) is 0.0199. The normalized spacial score (nSPS) is 27.0. The number of unbranched alkanes of at least 4 members (excludes halogenated alkanes) is 36. The van der Waals surface area contributed by atoms with Gasteiger partial charge in [-0.3, -0.25) is 4.79 Å². The number of nitrogens with one attached hydrogen (secondary N) is 1. The van der Waals surface area contributed by atoms with Crippen LogP contribution in [-0.2, 0) is 33.2 Å². The molecular formula is C80H143NO18. The van der Waals surface area contributed by atoms with Crippen molar-refractivity contribution in [3.05, 3.63) is 72.9 Å². The monoisotopic (exact) mass is 1410 g/mol. The molecule has 576 valence electrons. The topological polar surface area (TPSA) is 307 Å². The fraction of sp³-hybridized carbons (Fsp3) is 0.838. The Hall–Kier alpha value is -2.77. The van der Waals surface area contributed by atoms with E-state index in [0.717, 1.165) is 57.8 Å². The summed E-state index contributed by atoms with van der Waals surface area (Å²) in [5.41, 5.74) is 0. The minimum Gasteiger partial charge on any atom is -0.394 e. The molecule has 0 spiro atoms. The van der Waals surface area contributed by atoms with E-state index in [9.17, 15) is 61.0 Å². The lowest BCUT2D eigenvalue weighted by Crippen LogP contribution is -2.66. The summed E-state index contributed by atoms with van der Waals surface area (Å²) < 4.78 is 34.4. The number of allylic oxidation sites excluding steroid dienone is 11. The van der Waals surface area contributed by atoms with Gasteiger partial charge in [0.25, 0.3) is 0 Å². The number of amides is 1. The van der Waals surface area contributed by atoms with Crippen LogP contribution in [0.5, 0.6) is 0 Å². The summed E-state index contributed by atoms with van der Waals surface area (Å²) >= 11 is 0. The molecule has 12 N–H and O–H groups in total. The van der Waals surface area contributed by atoms with Gasteiger partial charge in [-0.2, -0.15) is 0 Å². The number of ether oxygens (including phenoxy) is 6. The van der Waals surface area contributed by atoms with E-state index < -0.39 is 124 Å². The van der Waals surface area contributed by atoms with E-state index in [4.69, 9.17) is 28.4 Å². The van der Waals surface area contributed by atoms with Crippen LogP contribution in [0.2, 0.25) is 0 Å². The molecule has 3 fully saturated rings. The highest BCUT2D eigenvalue weighted by atomic mass is 16.8. The molecule has 0 aromatic rings. The van der Waals surface area contributed by atoms with Crippen molar-refractivity contribution < 1.29 is 89.4 Å². The first-order valence-electron chi connectivity index (χ1n) is 39.7. The second kappa shape index (κ2) is 60.5. The Morgan fingerprint density at radius 1 is 0.364 bits per heavy atom. The van der Waals surface area contributed by atoms with Crippen LogP contribution >= 0.6 is 0 Å². The molecular weight excluding hydrogens is 1260 g/mol. The van der Waals surface area contributed by atoms with Gasteiger partial charge >= 0.3 is 0 Å². The first kappa shape index (κ1) is 90.4. The summed E-state index contributed by atoms with van der Waals surface area (Å²) in [6.07, 6.45) is 51.7. The zero-order chi connectivity index (χ0) is 71.8. The summed E-state index contributed by atoms with van der Waals surface area (Å²) in [6.45, 7) is 1.72. The molecule has 3 rings (SSSR count). The first-order chi connectivity index (χ1) is 48.3. The smallest absolute Gasteiger partial charge is 0.220 e. The Morgan fingerprint density at radius 3 is 1.08 bits per heavy atom. The molecule has 3 saturated heterocycles. The highest BCUT2D eigenvalue weighted by Gasteiger charge is 2.53. The van der Waals surface area contributed by atoms with Gasteiger partial charge in [-0.05, 0) is 83.5 Å². The van der Waals surface area contributed by atoms with Gasteiger partial charge in [-0.25, -0.2) is 0 Å². The van der Waals surface area contributed by atoms with E-state index >= 15 is 0 Å². The minimum atomic E-state index is -1.99. The van der Waals surface area contributed by atoms with Crippen molar-refractivity contribution in [2.24, 2.45) is 0 Å². The molecule has 17 unspecified atom stereocenters. The molecule has 0 saturated carbocycles. The number of rotatable bonds is 62. The molecule has 1 amide bonds. The van der Waals surface area contributed by atoms with E-state index in [1.807, 2.05) is 6.08 Å². The molecule has 19 heteroatoms. The van der Waals surface area contributed by atoms with Gasteiger partial charge in [-0.15, -0.1) is 0 Å². The fourth-order valence-electron chi connectivity index (χ4n) is 13.1. The summed E-state index contributed by atoms with van der Waals surface area (Å²) in [6, 6.07) is -1.00. The molecule has 0 aromatic heterocycles. The molecule has 0 bridgehead atoms. The Kier molecular flexibility index (Phi) is 55.3. The predicted molar refractivity (Wildman–Crippen MR) is 392 cm³/mol. The van der Waals surface area contributed by atoms with Crippen molar-refractivity contribution >= 4 is 5.91 Å². The maximum absolute atomic E-state index is 13.5. The third kappa shape index (κ3) is 40.9. The Balaban J connectivity index is 1.39. The third-order valence-corrected chi connectivity index (χ3v) is 19.5. The summed E-state index contributed by atoms with van der Waals surface area (Å²) in [5, 5.41) is 121. The Labute approximate surface area is 598 Å². The van der Waals surface area contributed by atoms with E-state index in [1.165, 1.54) is 205 Å². The lowest BCUT2D eigenvalue weighted by molar-refractivity contribution is -0.379. The van der Waals surface area contributed by atoms with E-state index in [2.05, 4.69) is 79.9 Å². The molecule has 3 aliphatic heterocycles. The average Bonchev–Trinajstić information content (AvgIpc) is 0.577. The number of hydrogen-bond donors (Lipinski definition) is 12. The van der Waals surface area contributed by atoms with E-state index in [-0.39, 0.29) is 18.9 Å². The third-order valence-electron chi connectivity index (χ3n) is 19.5. The highest BCUT2D eigenvalue weighted by Crippen LogP contribution is 2.33. The number of aliphatic hydroxyl groups excluding tert-OH is 11. The first-order valence-corrected chi connectivity index (χ1v) is 39.7. The van der Waals surface area contributed by atoms with Crippen molar-refractivity contribution in [1.82, 2.24) is 5.32 Å². The molecule has 0 radical (unpaired) electrons. The van der Waals surface area contributed by atoms with Crippen molar-refractivity contribution in [3.8, 4) is 0 Å². The number of hydrogen-bond acceptors (Lipinski definition) is 18. The number of carbonyl (C=O) groups is 1. The molecule has 3 heterocycles. The number of aliphatic hydroxyl groups is 11. The van der Waals surface area contributed by atoms with Crippen molar-refractivity contribution in [3.63, 3.8) is 0 Å². The summed E-state index contributed by atoms with van der Waals surface area (Å²) in [4.78, 5) is 13.5. The van der Waals surface area contributed by atoms with Gasteiger partial charge in [0.2, 0.25) is 5.91 Å². The van der Waals surface area contributed by atoms with Crippen LogP contribution in [0.3, 0.4) is 0 Å². The maximum atomic E-state index is 13.5. The Morgan fingerprint density at radius 2 is 0.677 bits per heavy atom. The summed E-state index contributed by atoms with van der Waals surface area (Å²) in [5.74, 6) is -0.288. The van der Waals surface area contributed by atoms with Crippen LogP contribution in [0.15, 0.2) is 72.9 Å². The van der Waals surface area contributed by atoms with Crippen molar-refractivity contribution in [2.45, 2.75) is 401 Å². The molecule has 0 aromatic carbocycles. The SMILES string of the molecule is CCCCCCC/C=C\C/C=C\C/C=C\CCCCCCCCCCCCCCCCCCC(=O)NC(COC1OC(CO)C(OC2OC(CO)C(OC3OC(CO)C(O)C(O)C3O)C(O)C2O)C(O)C1O)C(O)/C=C/CC/C=C/CC/C=C/CCCCCCCCCCCCCCC.